The van der Waals surface area contributed by atoms with E-state index < -0.39 is 0 Å². The van der Waals surface area contributed by atoms with E-state index in [1.54, 1.807) is 11.8 Å². The Morgan fingerprint density at radius 2 is 2.14 bits per heavy atom. The number of benzene rings is 1. The molecule has 1 heterocycles. The number of fused-ring (bicyclic) bond motifs is 1. The van der Waals surface area contributed by atoms with Gasteiger partial charge >= 0.3 is 5.97 Å². The summed E-state index contributed by atoms with van der Waals surface area (Å²) in [5.74, 6) is 2.57. The summed E-state index contributed by atoms with van der Waals surface area (Å²) in [5.41, 5.74) is 1.12. The van der Waals surface area contributed by atoms with Crippen LogP contribution in [0.5, 0.6) is 11.5 Å². The Morgan fingerprint density at radius 3 is 2.86 bits per heavy atom. The third-order valence-electron chi connectivity index (χ3n) is 3.13. The lowest BCUT2D eigenvalue weighted by molar-refractivity contribution is -0.139. The number of rotatable bonds is 7. The number of esters is 1. The lowest BCUT2D eigenvalue weighted by Gasteiger charge is -2.22. The summed E-state index contributed by atoms with van der Waals surface area (Å²) in [7, 11) is 1.91. The lowest BCUT2D eigenvalue weighted by atomic mass is 10.1. The van der Waals surface area contributed by atoms with E-state index in [0.29, 0.717) is 25.6 Å². The molecule has 2 rings (SSSR count). The second-order valence-electron chi connectivity index (χ2n) is 4.56. The van der Waals surface area contributed by atoms with Gasteiger partial charge in [0.15, 0.2) is 11.5 Å². The summed E-state index contributed by atoms with van der Waals surface area (Å²) < 4.78 is 16.0. The van der Waals surface area contributed by atoms with Crippen LogP contribution < -0.4 is 14.8 Å². The van der Waals surface area contributed by atoms with Gasteiger partial charge in [-0.15, -0.1) is 11.8 Å². The Labute approximate surface area is 129 Å². The van der Waals surface area contributed by atoms with E-state index in [0.717, 1.165) is 22.8 Å². The summed E-state index contributed by atoms with van der Waals surface area (Å²) >= 11 is 1.56. The maximum absolute atomic E-state index is 11.3. The van der Waals surface area contributed by atoms with Gasteiger partial charge in [0.1, 0.15) is 13.2 Å². The van der Waals surface area contributed by atoms with E-state index >= 15 is 0 Å². The fourth-order valence-corrected chi connectivity index (χ4v) is 3.05. The van der Waals surface area contributed by atoms with Crippen molar-refractivity contribution in [1.82, 2.24) is 5.32 Å². The first-order valence-electron chi connectivity index (χ1n) is 7.04. The van der Waals surface area contributed by atoms with Crippen molar-refractivity contribution in [2.75, 3.05) is 38.4 Å². The maximum atomic E-state index is 11.3. The molecular weight excluding hydrogens is 290 g/mol. The van der Waals surface area contributed by atoms with Crippen molar-refractivity contribution in [1.29, 1.82) is 0 Å². The van der Waals surface area contributed by atoms with E-state index in [1.165, 1.54) is 0 Å². The molecule has 0 amide bonds. The molecule has 1 aliphatic heterocycles. The van der Waals surface area contributed by atoms with Gasteiger partial charge in [-0.25, -0.2) is 0 Å². The average Bonchev–Trinajstić information content (AvgIpc) is 2.51. The largest absolute Gasteiger partial charge is 0.486 e. The molecule has 0 aliphatic carbocycles. The second-order valence-corrected chi connectivity index (χ2v) is 5.59. The molecule has 0 saturated carbocycles. The summed E-state index contributed by atoms with van der Waals surface area (Å²) in [6.45, 7) is 3.42. The third kappa shape index (κ3) is 4.54. The van der Waals surface area contributed by atoms with Crippen LogP contribution in [0.25, 0.3) is 0 Å². The van der Waals surface area contributed by atoms with Crippen LogP contribution >= 0.6 is 11.8 Å². The number of carbonyl (C=O) groups is 1. The molecule has 5 nitrogen and oxygen atoms in total. The van der Waals surface area contributed by atoms with Gasteiger partial charge in [0.25, 0.3) is 0 Å². The van der Waals surface area contributed by atoms with Crippen LogP contribution in [0.2, 0.25) is 0 Å². The molecule has 0 aromatic heterocycles. The normalized spacial score (nSPS) is 14.6. The number of carbonyl (C=O) groups excluding carboxylic acids is 1. The Morgan fingerprint density at radius 1 is 1.38 bits per heavy atom. The highest BCUT2D eigenvalue weighted by Gasteiger charge is 2.16. The minimum absolute atomic E-state index is 0.153. The Kier molecular flexibility index (Phi) is 6.20. The minimum atomic E-state index is -0.167. The SMILES string of the molecule is CCOC(=O)CSCC(NC)c1ccc2c(c1)OCCO2. The smallest absolute Gasteiger partial charge is 0.315 e. The molecule has 116 valence electrons. The summed E-state index contributed by atoms with van der Waals surface area (Å²) in [6.07, 6.45) is 0. The predicted molar refractivity (Wildman–Crippen MR) is 83.2 cm³/mol. The van der Waals surface area contributed by atoms with Crippen LogP contribution in [0.15, 0.2) is 18.2 Å². The number of nitrogens with one attached hydrogen (secondary N) is 1. The Hall–Kier alpha value is -1.40. The van der Waals surface area contributed by atoms with Crippen LogP contribution in [0.4, 0.5) is 0 Å². The van der Waals surface area contributed by atoms with E-state index in [-0.39, 0.29) is 12.0 Å². The van der Waals surface area contributed by atoms with Crippen molar-refractivity contribution in [3.63, 3.8) is 0 Å². The lowest BCUT2D eigenvalue weighted by Crippen LogP contribution is -2.21. The zero-order chi connectivity index (χ0) is 15.1. The number of thioether (sulfide) groups is 1. The van der Waals surface area contributed by atoms with Crippen LogP contribution in [0.1, 0.15) is 18.5 Å². The molecule has 1 unspecified atom stereocenters. The molecule has 21 heavy (non-hydrogen) atoms. The molecule has 0 radical (unpaired) electrons. The third-order valence-corrected chi connectivity index (χ3v) is 4.14. The summed E-state index contributed by atoms with van der Waals surface area (Å²) in [6, 6.07) is 6.12. The van der Waals surface area contributed by atoms with Gasteiger partial charge in [0.2, 0.25) is 0 Å². The first kappa shape index (κ1) is 16.0. The van der Waals surface area contributed by atoms with Crippen molar-refractivity contribution >= 4 is 17.7 Å². The highest BCUT2D eigenvalue weighted by atomic mass is 32.2. The second kappa shape index (κ2) is 8.14. The quantitative estimate of drug-likeness (QED) is 0.778. The summed E-state index contributed by atoms with van der Waals surface area (Å²) in [5, 5.41) is 3.26. The molecule has 1 aromatic carbocycles. The standard InChI is InChI=1S/C15H21NO4S/c1-3-18-15(17)10-21-9-12(16-2)11-4-5-13-14(8-11)20-7-6-19-13/h4-5,8,12,16H,3,6-7,9-10H2,1-2H3. The molecule has 6 heteroatoms. The molecule has 1 aromatic rings. The summed E-state index contributed by atoms with van der Waals surface area (Å²) in [4.78, 5) is 11.3. The van der Waals surface area contributed by atoms with Crippen LogP contribution in [0, 0.1) is 0 Å². The van der Waals surface area contributed by atoms with E-state index in [4.69, 9.17) is 14.2 Å². The molecule has 0 spiro atoms. The van der Waals surface area contributed by atoms with E-state index in [9.17, 15) is 4.79 Å². The molecular formula is C15H21NO4S. The van der Waals surface area contributed by atoms with Gasteiger partial charge in [-0.2, -0.15) is 0 Å². The maximum Gasteiger partial charge on any atom is 0.315 e. The number of ether oxygens (including phenoxy) is 3. The molecule has 1 atom stereocenters. The fraction of sp³-hybridized carbons (Fsp3) is 0.533. The topological polar surface area (TPSA) is 56.8 Å². The van der Waals surface area contributed by atoms with Gasteiger partial charge in [0, 0.05) is 11.8 Å². The number of hydrogen-bond donors (Lipinski definition) is 1. The highest BCUT2D eigenvalue weighted by molar-refractivity contribution is 7.99. The van der Waals surface area contributed by atoms with Gasteiger partial charge in [-0.3, -0.25) is 4.79 Å². The highest BCUT2D eigenvalue weighted by Crippen LogP contribution is 2.33. The van der Waals surface area contributed by atoms with Gasteiger partial charge in [-0.05, 0) is 31.7 Å². The first-order chi connectivity index (χ1) is 10.2. The fourth-order valence-electron chi connectivity index (χ4n) is 2.09. The van der Waals surface area contributed by atoms with E-state index in [1.807, 2.05) is 32.2 Å². The van der Waals surface area contributed by atoms with E-state index in [2.05, 4.69) is 5.32 Å². The molecule has 0 fully saturated rings. The Bertz CT molecular complexity index is 481. The first-order valence-corrected chi connectivity index (χ1v) is 8.20. The van der Waals surface area contributed by atoms with Crippen molar-refractivity contribution in [3.8, 4) is 11.5 Å². The minimum Gasteiger partial charge on any atom is -0.486 e. The van der Waals surface area contributed by atoms with Crippen molar-refractivity contribution in [2.45, 2.75) is 13.0 Å². The molecule has 0 saturated heterocycles. The number of hydrogen-bond acceptors (Lipinski definition) is 6. The average molecular weight is 311 g/mol. The van der Waals surface area contributed by atoms with Crippen LogP contribution in [-0.2, 0) is 9.53 Å². The van der Waals surface area contributed by atoms with Gasteiger partial charge in [0.05, 0.1) is 12.4 Å². The van der Waals surface area contributed by atoms with Gasteiger partial charge in [-0.1, -0.05) is 6.07 Å². The zero-order valence-corrected chi connectivity index (χ0v) is 13.2. The molecule has 1 N–H and O–H groups in total. The zero-order valence-electron chi connectivity index (χ0n) is 12.4. The van der Waals surface area contributed by atoms with Crippen LogP contribution in [-0.4, -0.2) is 44.3 Å². The van der Waals surface area contributed by atoms with Crippen molar-refractivity contribution < 1.29 is 19.0 Å². The van der Waals surface area contributed by atoms with Crippen molar-refractivity contribution in [3.05, 3.63) is 23.8 Å². The van der Waals surface area contributed by atoms with Crippen LogP contribution in [0.3, 0.4) is 0 Å². The monoisotopic (exact) mass is 311 g/mol. The molecule has 1 aliphatic rings. The predicted octanol–water partition coefficient (Wildman–Crippen LogP) is 2.01. The van der Waals surface area contributed by atoms with Gasteiger partial charge < -0.3 is 19.5 Å². The molecule has 0 bridgehead atoms. The van der Waals surface area contributed by atoms with Crippen molar-refractivity contribution in [2.24, 2.45) is 0 Å². The Balaban J connectivity index is 1.92.